The topological polar surface area (TPSA) is 81.1 Å². The first-order chi connectivity index (χ1) is 7.93. The third-order valence-corrected chi connectivity index (χ3v) is 3.10. The van der Waals surface area contributed by atoms with E-state index in [2.05, 4.69) is 19.2 Å². The van der Waals surface area contributed by atoms with E-state index in [0.29, 0.717) is 22.9 Å². The van der Waals surface area contributed by atoms with E-state index >= 15 is 0 Å². The summed E-state index contributed by atoms with van der Waals surface area (Å²) < 4.78 is 0. The highest BCUT2D eigenvalue weighted by Crippen LogP contribution is 2.14. The number of hydrogen-bond acceptors (Lipinski definition) is 3. The minimum Gasteiger partial charge on any atom is -0.399 e. The lowest BCUT2D eigenvalue weighted by molar-refractivity contribution is 0.0928. The Morgan fingerprint density at radius 1 is 1.24 bits per heavy atom. The van der Waals surface area contributed by atoms with Crippen molar-refractivity contribution in [2.24, 2.45) is 5.92 Å². The second kappa shape index (κ2) is 5.57. The molecule has 0 saturated heterocycles. The van der Waals surface area contributed by atoms with E-state index in [1.165, 1.54) is 0 Å². The monoisotopic (exact) mass is 235 g/mol. The molecule has 0 aliphatic rings. The third-order valence-electron chi connectivity index (χ3n) is 3.10. The van der Waals surface area contributed by atoms with Crippen molar-refractivity contribution in [2.75, 3.05) is 11.5 Å². The molecular formula is C13H21N3O. The lowest BCUT2D eigenvalue weighted by atomic mass is 10.0. The zero-order valence-corrected chi connectivity index (χ0v) is 10.7. The standard InChI is InChI=1S/C13H21N3O/c1-4-8(2)9(3)16-13(17)10-5-11(14)7-12(15)6-10/h5-9H,4,14-15H2,1-3H3,(H,16,17). The van der Waals surface area contributed by atoms with Crippen molar-refractivity contribution in [3.63, 3.8) is 0 Å². The van der Waals surface area contributed by atoms with E-state index in [-0.39, 0.29) is 11.9 Å². The van der Waals surface area contributed by atoms with Gasteiger partial charge in [-0.3, -0.25) is 4.79 Å². The van der Waals surface area contributed by atoms with Crippen LogP contribution in [0.15, 0.2) is 18.2 Å². The van der Waals surface area contributed by atoms with Crippen LogP contribution in [0.1, 0.15) is 37.6 Å². The summed E-state index contributed by atoms with van der Waals surface area (Å²) >= 11 is 0. The number of benzene rings is 1. The second-order valence-corrected chi connectivity index (χ2v) is 4.54. The Morgan fingerprint density at radius 2 is 1.76 bits per heavy atom. The average molecular weight is 235 g/mol. The molecule has 0 radical (unpaired) electrons. The van der Waals surface area contributed by atoms with Crippen molar-refractivity contribution in [3.8, 4) is 0 Å². The molecule has 0 aromatic heterocycles. The molecule has 1 rings (SSSR count). The fourth-order valence-electron chi connectivity index (χ4n) is 1.59. The van der Waals surface area contributed by atoms with Crippen molar-refractivity contribution >= 4 is 17.3 Å². The Hall–Kier alpha value is -1.71. The number of nitrogens with one attached hydrogen (secondary N) is 1. The molecule has 1 aromatic carbocycles. The molecule has 17 heavy (non-hydrogen) atoms. The molecule has 2 unspecified atom stereocenters. The number of nitrogens with two attached hydrogens (primary N) is 2. The van der Waals surface area contributed by atoms with Crippen molar-refractivity contribution < 1.29 is 4.79 Å². The molecule has 0 aliphatic carbocycles. The Kier molecular flexibility index (Phi) is 4.37. The van der Waals surface area contributed by atoms with E-state index in [1.807, 2.05) is 6.92 Å². The fourth-order valence-corrected chi connectivity index (χ4v) is 1.59. The fraction of sp³-hybridized carbons (Fsp3) is 0.462. The number of anilines is 2. The Balaban J connectivity index is 2.76. The smallest absolute Gasteiger partial charge is 0.251 e. The van der Waals surface area contributed by atoms with Crippen molar-refractivity contribution in [1.82, 2.24) is 5.32 Å². The molecule has 0 bridgehead atoms. The van der Waals surface area contributed by atoms with Crippen LogP contribution in [0.3, 0.4) is 0 Å². The Morgan fingerprint density at radius 3 is 2.24 bits per heavy atom. The molecule has 0 spiro atoms. The summed E-state index contributed by atoms with van der Waals surface area (Å²) in [5.74, 6) is 0.314. The largest absolute Gasteiger partial charge is 0.399 e. The summed E-state index contributed by atoms with van der Waals surface area (Å²) in [6, 6.07) is 5.04. The first-order valence-electron chi connectivity index (χ1n) is 5.91. The molecule has 0 heterocycles. The van der Waals surface area contributed by atoms with Gasteiger partial charge in [-0.1, -0.05) is 20.3 Å². The molecule has 5 N–H and O–H groups in total. The molecule has 2 atom stereocenters. The normalized spacial score (nSPS) is 14.1. The van der Waals surface area contributed by atoms with Crippen molar-refractivity contribution in [1.29, 1.82) is 0 Å². The summed E-state index contributed by atoms with van der Waals surface area (Å²) in [7, 11) is 0. The average Bonchev–Trinajstić information content (AvgIpc) is 2.26. The number of rotatable bonds is 4. The van der Waals surface area contributed by atoms with Gasteiger partial charge in [-0.2, -0.15) is 0 Å². The zero-order valence-electron chi connectivity index (χ0n) is 10.7. The van der Waals surface area contributed by atoms with E-state index < -0.39 is 0 Å². The number of hydrogen-bond donors (Lipinski definition) is 3. The maximum Gasteiger partial charge on any atom is 0.251 e. The molecule has 1 amide bonds. The lowest BCUT2D eigenvalue weighted by Crippen LogP contribution is -2.36. The van der Waals surface area contributed by atoms with Crippen LogP contribution in [0, 0.1) is 5.92 Å². The van der Waals surface area contributed by atoms with Crippen LogP contribution >= 0.6 is 0 Å². The Bertz CT molecular complexity index is 383. The SMILES string of the molecule is CCC(C)C(C)NC(=O)c1cc(N)cc(N)c1. The molecule has 0 saturated carbocycles. The molecule has 0 fully saturated rings. The summed E-state index contributed by atoms with van der Waals surface area (Å²) in [4.78, 5) is 12.0. The van der Waals surface area contributed by atoms with Crippen LogP contribution in [0.4, 0.5) is 11.4 Å². The van der Waals surface area contributed by atoms with Gasteiger partial charge in [-0.15, -0.1) is 0 Å². The molecule has 4 heteroatoms. The summed E-state index contributed by atoms with van der Waals surface area (Å²) in [5, 5.41) is 2.95. The molecular weight excluding hydrogens is 214 g/mol. The number of carbonyl (C=O) groups excluding carboxylic acids is 1. The van der Waals surface area contributed by atoms with E-state index in [1.54, 1.807) is 18.2 Å². The van der Waals surface area contributed by atoms with Gasteiger partial charge in [0, 0.05) is 23.0 Å². The second-order valence-electron chi connectivity index (χ2n) is 4.54. The summed E-state index contributed by atoms with van der Waals surface area (Å²) in [6.45, 7) is 6.21. The molecule has 0 aliphatic heterocycles. The predicted octanol–water partition coefficient (Wildman–Crippen LogP) is 2.02. The minimum atomic E-state index is -0.128. The van der Waals surface area contributed by atoms with Gasteiger partial charge in [-0.25, -0.2) is 0 Å². The highest BCUT2D eigenvalue weighted by molar-refractivity contribution is 5.96. The van der Waals surface area contributed by atoms with Gasteiger partial charge in [0.05, 0.1) is 0 Å². The van der Waals surface area contributed by atoms with Crippen LogP contribution in [0.25, 0.3) is 0 Å². The van der Waals surface area contributed by atoms with Crippen LogP contribution in [-0.2, 0) is 0 Å². The van der Waals surface area contributed by atoms with Gasteiger partial charge in [0.1, 0.15) is 0 Å². The zero-order chi connectivity index (χ0) is 13.0. The maximum atomic E-state index is 12.0. The third kappa shape index (κ3) is 3.66. The molecule has 94 valence electrons. The predicted molar refractivity (Wildman–Crippen MR) is 71.7 cm³/mol. The van der Waals surface area contributed by atoms with E-state index in [4.69, 9.17) is 11.5 Å². The Labute approximate surface area is 102 Å². The maximum absolute atomic E-state index is 12.0. The van der Waals surface area contributed by atoms with Crippen LogP contribution < -0.4 is 16.8 Å². The van der Waals surface area contributed by atoms with Crippen LogP contribution in [0.5, 0.6) is 0 Å². The quantitative estimate of drug-likeness (QED) is 0.698. The van der Waals surface area contributed by atoms with E-state index in [9.17, 15) is 4.79 Å². The lowest BCUT2D eigenvalue weighted by Gasteiger charge is -2.20. The van der Waals surface area contributed by atoms with Crippen molar-refractivity contribution in [2.45, 2.75) is 33.2 Å². The van der Waals surface area contributed by atoms with Gasteiger partial charge in [0.25, 0.3) is 5.91 Å². The van der Waals surface area contributed by atoms with Gasteiger partial charge in [0.2, 0.25) is 0 Å². The van der Waals surface area contributed by atoms with E-state index in [0.717, 1.165) is 6.42 Å². The van der Waals surface area contributed by atoms with Gasteiger partial charge >= 0.3 is 0 Å². The highest BCUT2D eigenvalue weighted by atomic mass is 16.1. The number of nitrogen functional groups attached to an aromatic ring is 2. The van der Waals surface area contributed by atoms with Crippen LogP contribution in [-0.4, -0.2) is 11.9 Å². The summed E-state index contributed by atoms with van der Waals surface area (Å²) in [6.07, 6.45) is 1.03. The highest BCUT2D eigenvalue weighted by Gasteiger charge is 2.14. The minimum absolute atomic E-state index is 0.128. The van der Waals surface area contributed by atoms with Crippen molar-refractivity contribution in [3.05, 3.63) is 23.8 Å². The summed E-state index contributed by atoms with van der Waals surface area (Å²) in [5.41, 5.74) is 12.8. The van der Waals surface area contributed by atoms with Gasteiger partial charge < -0.3 is 16.8 Å². The van der Waals surface area contributed by atoms with Gasteiger partial charge in [0.15, 0.2) is 0 Å². The number of carbonyl (C=O) groups is 1. The first kappa shape index (κ1) is 13.4. The molecule has 1 aromatic rings. The first-order valence-corrected chi connectivity index (χ1v) is 5.91. The molecule has 4 nitrogen and oxygen atoms in total. The van der Waals surface area contributed by atoms with Gasteiger partial charge in [-0.05, 0) is 31.0 Å². The van der Waals surface area contributed by atoms with Crippen LogP contribution in [0.2, 0.25) is 0 Å². The number of amides is 1.